The molecule has 0 radical (unpaired) electrons. The highest BCUT2D eigenvalue weighted by Crippen LogP contribution is 2.34. The van der Waals surface area contributed by atoms with Crippen LogP contribution in [0.1, 0.15) is 42.4 Å². The van der Waals surface area contributed by atoms with Crippen LogP contribution in [-0.2, 0) is 16.1 Å². The number of hydrogen-bond acceptors (Lipinski definition) is 7. The first-order valence-corrected chi connectivity index (χ1v) is 13.2. The minimum absolute atomic E-state index is 0.107. The molecule has 0 aliphatic carbocycles. The summed E-state index contributed by atoms with van der Waals surface area (Å²) in [6.45, 7) is 2.86. The van der Waals surface area contributed by atoms with Crippen LogP contribution in [0.25, 0.3) is 11.7 Å². The molecule has 1 N–H and O–H groups in total. The number of carboxylic acids is 1. The summed E-state index contributed by atoms with van der Waals surface area (Å²) in [6, 6.07) is 13.6. The second kappa shape index (κ2) is 11.7. The molecule has 8 nitrogen and oxygen atoms in total. The van der Waals surface area contributed by atoms with Crippen molar-refractivity contribution in [2.75, 3.05) is 18.5 Å². The van der Waals surface area contributed by atoms with Gasteiger partial charge in [-0.3, -0.25) is 23.7 Å². The summed E-state index contributed by atoms with van der Waals surface area (Å²) >= 11 is 6.62. The van der Waals surface area contributed by atoms with E-state index in [0.717, 1.165) is 11.1 Å². The Hall–Kier alpha value is -3.50. The van der Waals surface area contributed by atoms with E-state index in [4.69, 9.17) is 22.3 Å². The Morgan fingerprint density at radius 3 is 2.62 bits per heavy atom. The highest BCUT2D eigenvalue weighted by Gasteiger charge is 2.32. The number of pyridine rings is 1. The van der Waals surface area contributed by atoms with E-state index in [2.05, 4.69) is 0 Å². The lowest BCUT2D eigenvalue weighted by molar-refractivity contribution is -0.137. The van der Waals surface area contributed by atoms with Gasteiger partial charge in [-0.1, -0.05) is 66.8 Å². The normalized spacial score (nSPS) is 14.6. The maximum atomic E-state index is 13.7. The topological polar surface area (TPSA) is 95.2 Å². The van der Waals surface area contributed by atoms with Crippen LogP contribution in [-0.4, -0.2) is 49.2 Å². The van der Waals surface area contributed by atoms with Crippen LogP contribution in [0.15, 0.2) is 58.4 Å². The molecule has 37 heavy (non-hydrogen) atoms. The number of carbonyl (C=O) groups excluding carboxylic acids is 1. The maximum Gasteiger partial charge on any atom is 0.303 e. The van der Waals surface area contributed by atoms with Gasteiger partial charge >= 0.3 is 5.97 Å². The molecule has 1 aromatic carbocycles. The number of hydrogen-bond donors (Lipinski definition) is 1. The largest absolute Gasteiger partial charge is 0.481 e. The lowest BCUT2D eigenvalue weighted by atomic mass is 10.2. The number of carbonyl (C=O) groups is 2. The van der Waals surface area contributed by atoms with Gasteiger partial charge in [0.15, 0.2) is 0 Å². The molecule has 1 amide bonds. The SMILES string of the molecule is Cc1cccn2c(=O)c(C=C3SC(=S)N(CCCCCC(=O)O)C3=O)c(N(C)Cc3ccccc3)nc12. The predicted molar refractivity (Wildman–Crippen MR) is 151 cm³/mol. The molecule has 3 aromatic rings. The molecule has 3 heterocycles. The fourth-order valence-electron chi connectivity index (χ4n) is 4.20. The molecule has 10 heteroatoms. The number of amides is 1. The number of aromatic nitrogens is 2. The number of thioether (sulfide) groups is 1. The van der Waals surface area contributed by atoms with Gasteiger partial charge < -0.3 is 10.0 Å². The minimum Gasteiger partial charge on any atom is -0.481 e. The first kappa shape index (κ1) is 26.6. The number of nitrogens with zero attached hydrogens (tertiary/aromatic N) is 4. The zero-order chi connectivity index (χ0) is 26.5. The van der Waals surface area contributed by atoms with Crippen molar-refractivity contribution >= 4 is 57.7 Å². The van der Waals surface area contributed by atoms with E-state index in [0.29, 0.717) is 58.6 Å². The Bertz CT molecular complexity index is 1440. The highest BCUT2D eigenvalue weighted by molar-refractivity contribution is 8.26. The molecule has 4 rings (SSSR count). The first-order valence-electron chi connectivity index (χ1n) is 12.0. The molecule has 0 atom stereocenters. The van der Waals surface area contributed by atoms with Gasteiger partial charge in [0.2, 0.25) is 0 Å². The van der Waals surface area contributed by atoms with Gasteiger partial charge in [-0.2, -0.15) is 0 Å². The zero-order valence-electron chi connectivity index (χ0n) is 20.7. The second-order valence-corrected chi connectivity index (χ2v) is 10.6. The smallest absolute Gasteiger partial charge is 0.303 e. The number of carboxylic acid groups (broad SMARTS) is 1. The Morgan fingerprint density at radius 1 is 1.14 bits per heavy atom. The highest BCUT2D eigenvalue weighted by atomic mass is 32.2. The van der Waals surface area contributed by atoms with Crippen LogP contribution in [0.5, 0.6) is 0 Å². The third-order valence-electron chi connectivity index (χ3n) is 6.11. The molecular formula is C27H28N4O4S2. The Kier molecular flexibility index (Phi) is 8.40. The Morgan fingerprint density at radius 2 is 1.89 bits per heavy atom. The minimum atomic E-state index is -0.827. The second-order valence-electron chi connectivity index (χ2n) is 8.92. The molecule has 1 aliphatic rings. The summed E-state index contributed by atoms with van der Waals surface area (Å²) in [5, 5.41) is 8.80. The van der Waals surface area contributed by atoms with E-state index in [1.54, 1.807) is 18.3 Å². The van der Waals surface area contributed by atoms with Crippen molar-refractivity contribution in [3.63, 3.8) is 0 Å². The number of aryl methyl sites for hydroxylation is 1. The van der Waals surface area contributed by atoms with Crippen LogP contribution >= 0.6 is 24.0 Å². The van der Waals surface area contributed by atoms with Crippen LogP contribution in [0.3, 0.4) is 0 Å². The average Bonchev–Trinajstić information content (AvgIpc) is 3.13. The van der Waals surface area contributed by atoms with Gasteiger partial charge in [0.25, 0.3) is 11.5 Å². The molecule has 0 bridgehead atoms. The first-order chi connectivity index (χ1) is 17.8. The Labute approximate surface area is 224 Å². The summed E-state index contributed by atoms with van der Waals surface area (Å²) < 4.78 is 1.93. The van der Waals surface area contributed by atoms with Gasteiger partial charge in [-0.25, -0.2) is 4.98 Å². The number of unbranched alkanes of at least 4 members (excludes halogenated alkanes) is 2. The number of thiocarbonyl (C=S) groups is 1. The molecule has 1 aliphatic heterocycles. The number of benzene rings is 1. The number of rotatable bonds is 10. The average molecular weight is 537 g/mol. The van der Waals surface area contributed by atoms with Gasteiger partial charge in [-0.05, 0) is 43.0 Å². The molecule has 0 unspecified atom stereocenters. The molecule has 1 fully saturated rings. The van der Waals surface area contributed by atoms with Crippen molar-refractivity contribution < 1.29 is 14.7 Å². The van der Waals surface area contributed by atoms with Crippen LogP contribution in [0.2, 0.25) is 0 Å². The summed E-state index contributed by atoms with van der Waals surface area (Å²) in [5.41, 5.74) is 2.56. The standard InChI is InChI=1S/C27H28N4O4S2/c1-18-10-9-15-30-23(18)28-24(29(2)17-19-11-5-3-6-12-19)20(25(30)34)16-21-26(35)31(27(36)37-21)14-8-4-7-13-22(32)33/h3,5-6,9-12,15-16H,4,7-8,13-14,17H2,1-2H3,(H,32,33). The lowest BCUT2D eigenvalue weighted by Crippen LogP contribution is -2.29. The monoisotopic (exact) mass is 536 g/mol. The van der Waals surface area contributed by atoms with Crippen molar-refractivity contribution in [1.82, 2.24) is 14.3 Å². The third-order valence-corrected chi connectivity index (χ3v) is 7.49. The van der Waals surface area contributed by atoms with Gasteiger partial charge in [0.05, 0.1) is 10.5 Å². The zero-order valence-corrected chi connectivity index (χ0v) is 22.3. The van der Waals surface area contributed by atoms with Gasteiger partial charge in [0, 0.05) is 32.8 Å². The van der Waals surface area contributed by atoms with Crippen LogP contribution in [0.4, 0.5) is 5.82 Å². The fourth-order valence-corrected chi connectivity index (χ4v) is 5.49. The molecule has 192 valence electrons. The van der Waals surface area contributed by atoms with Crippen molar-refractivity contribution in [1.29, 1.82) is 0 Å². The third kappa shape index (κ3) is 6.08. The van der Waals surface area contributed by atoms with E-state index < -0.39 is 5.97 Å². The maximum absolute atomic E-state index is 13.7. The fraction of sp³-hybridized carbons (Fsp3) is 0.296. The number of aliphatic carboxylic acids is 1. The van der Waals surface area contributed by atoms with Crippen molar-refractivity contribution in [3.8, 4) is 0 Å². The molecule has 0 spiro atoms. The molecule has 0 saturated carbocycles. The van der Waals surface area contributed by atoms with E-state index in [9.17, 15) is 14.4 Å². The Balaban J connectivity index is 1.67. The van der Waals surface area contributed by atoms with E-state index in [-0.39, 0.29) is 17.9 Å². The molecular weight excluding hydrogens is 508 g/mol. The van der Waals surface area contributed by atoms with Crippen LogP contribution < -0.4 is 10.5 Å². The van der Waals surface area contributed by atoms with Crippen molar-refractivity contribution in [2.24, 2.45) is 0 Å². The lowest BCUT2D eigenvalue weighted by Gasteiger charge is -2.21. The van der Waals surface area contributed by atoms with E-state index >= 15 is 0 Å². The number of fused-ring (bicyclic) bond motifs is 1. The van der Waals surface area contributed by atoms with E-state index in [1.807, 2.05) is 55.3 Å². The quantitative estimate of drug-likeness (QED) is 0.230. The summed E-state index contributed by atoms with van der Waals surface area (Å²) in [6.07, 6.45) is 5.28. The van der Waals surface area contributed by atoms with Crippen LogP contribution in [0, 0.1) is 6.92 Å². The van der Waals surface area contributed by atoms with Gasteiger partial charge in [-0.15, -0.1) is 0 Å². The van der Waals surface area contributed by atoms with E-state index in [1.165, 1.54) is 21.1 Å². The number of anilines is 1. The summed E-state index contributed by atoms with van der Waals surface area (Å²) in [4.78, 5) is 46.2. The summed E-state index contributed by atoms with van der Waals surface area (Å²) in [7, 11) is 1.88. The summed E-state index contributed by atoms with van der Waals surface area (Å²) in [5.74, 6) is -0.590. The predicted octanol–water partition coefficient (Wildman–Crippen LogP) is 4.49. The van der Waals surface area contributed by atoms with Crippen molar-refractivity contribution in [3.05, 3.63) is 80.6 Å². The van der Waals surface area contributed by atoms with Crippen molar-refractivity contribution in [2.45, 2.75) is 39.2 Å². The van der Waals surface area contributed by atoms with Gasteiger partial charge in [0.1, 0.15) is 15.8 Å². The molecule has 2 aromatic heterocycles. The molecule has 1 saturated heterocycles.